The number of aliphatic hydroxyl groups excluding tert-OH is 5. The van der Waals surface area contributed by atoms with E-state index in [9.17, 15) is 0 Å². The minimum Gasteiger partial charge on any atom is -0.481 e. The Morgan fingerprint density at radius 2 is 0.634 bits per heavy atom. The smallest absolute Gasteiger partial charge is 0.300 e. The third-order valence-corrected chi connectivity index (χ3v) is 1.65. The van der Waals surface area contributed by atoms with Crippen LogP contribution in [0.1, 0.15) is 48.5 Å². The van der Waals surface area contributed by atoms with Crippen molar-refractivity contribution in [3.05, 3.63) is 0 Å². The van der Waals surface area contributed by atoms with Crippen LogP contribution in [0.15, 0.2) is 0 Å². The first-order chi connectivity index (χ1) is 18.2. The van der Waals surface area contributed by atoms with Gasteiger partial charge in [-0.05, 0) is 0 Å². The Kier molecular flexibility index (Phi) is 59.9. The maximum absolute atomic E-state index is 9.15. The second-order valence-electron chi connectivity index (χ2n) is 6.34. The van der Waals surface area contributed by atoms with E-state index in [1.165, 1.54) is 0 Å². The number of aliphatic hydroxyl groups is 5. The lowest BCUT2D eigenvalue weighted by Crippen LogP contribution is -2.49. The zero-order valence-corrected chi connectivity index (χ0v) is 23.5. The quantitative estimate of drug-likeness (QED) is 0.102. The number of aliphatic carboxylic acids is 7. The van der Waals surface area contributed by atoms with Gasteiger partial charge in [-0.1, -0.05) is 0 Å². The number of carboxylic acids is 7. The van der Waals surface area contributed by atoms with Gasteiger partial charge in [0.25, 0.3) is 41.8 Å². The topological polar surface area (TPSA) is 400 Å². The van der Waals surface area contributed by atoms with Gasteiger partial charge in [-0.25, -0.2) is 0 Å². The van der Waals surface area contributed by atoms with Crippen LogP contribution >= 0.6 is 0 Å². The van der Waals surface area contributed by atoms with Gasteiger partial charge in [0.05, 0.1) is 12.7 Å². The third kappa shape index (κ3) is 246. The van der Waals surface area contributed by atoms with Gasteiger partial charge in [0, 0.05) is 55.0 Å². The van der Waals surface area contributed by atoms with Crippen molar-refractivity contribution in [1.82, 2.24) is 5.43 Å². The van der Waals surface area contributed by atoms with E-state index in [1.54, 1.807) is 0 Å². The van der Waals surface area contributed by atoms with Crippen LogP contribution < -0.4 is 11.3 Å². The van der Waals surface area contributed by atoms with E-state index in [2.05, 4.69) is 5.43 Å². The van der Waals surface area contributed by atoms with Crippen LogP contribution in [0.3, 0.4) is 0 Å². The molecule has 15 N–H and O–H groups in total. The van der Waals surface area contributed by atoms with Crippen molar-refractivity contribution in [1.29, 1.82) is 0 Å². The van der Waals surface area contributed by atoms with Gasteiger partial charge in [0.2, 0.25) is 0 Å². The first-order valence-corrected chi connectivity index (χ1v) is 10.3. The van der Waals surface area contributed by atoms with E-state index >= 15 is 0 Å². The molecule has 0 saturated heterocycles. The van der Waals surface area contributed by atoms with E-state index in [0.29, 0.717) is 0 Å². The number of hydrazine groups is 1. The summed E-state index contributed by atoms with van der Waals surface area (Å²) in [7, 11) is 0. The standard InChI is InChI=1S/C6H16N2O5.7C2H4O2/c7-8-1-3(10)5(12)6(13)4(11)2-9;7*1-2(3)4/h3-6,8-13H,1-2,7H2;7*1H3,(H,3,4)/t3-,4+,5+,6+;;;;;;;/m0......./s1. The molecular formula is C20H44N2O19. The van der Waals surface area contributed by atoms with Crippen molar-refractivity contribution < 1.29 is 94.8 Å². The first-order valence-electron chi connectivity index (χ1n) is 10.3. The normalized spacial score (nSPS) is 10.9. The second kappa shape index (κ2) is 43.1. The molecule has 0 aromatic carbocycles. The summed E-state index contributed by atoms with van der Waals surface area (Å²) in [5.41, 5.74) is 2.09. The monoisotopic (exact) mass is 616 g/mol. The molecule has 0 unspecified atom stereocenters. The zero-order valence-electron chi connectivity index (χ0n) is 23.5. The summed E-state index contributed by atoms with van der Waals surface area (Å²) in [6.07, 6.45) is -5.95. The molecular weight excluding hydrogens is 572 g/mol. The predicted octanol–water partition coefficient (Wildman–Crippen LogP) is -3.48. The summed E-state index contributed by atoms with van der Waals surface area (Å²) in [4.78, 5) is 63.0. The molecule has 4 atom stereocenters. The van der Waals surface area contributed by atoms with E-state index in [0.717, 1.165) is 48.5 Å². The Morgan fingerprint density at radius 3 is 0.756 bits per heavy atom. The molecule has 0 fully saturated rings. The highest BCUT2D eigenvalue weighted by Gasteiger charge is 2.29. The molecule has 0 aliphatic carbocycles. The minimum absolute atomic E-state index is 0.129. The van der Waals surface area contributed by atoms with Crippen molar-refractivity contribution in [2.75, 3.05) is 13.2 Å². The fourth-order valence-electron chi connectivity index (χ4n) is 0.805. The van der Waals surface area contributed by atoms with Crippen molar-refractivity contribution in [3.63, 3.8) is 0 Å². The number of hydrogen-bond donors (Lipinski definition) is 14. The largest absolute Gasteiger partial charge is 0.481 e. The number of nitrogens with two attached hydrogens (primary N) is 1. The summed E-state index contributed by atoms with van der Waals surface area (Å²) < 4.78 is 0. The number of carbonyl (C=O) groups is 7. The summed E-state index contributed by atoms with van der Waals surface area (Å²) in [5.74, 6) is -0.972. The molecule has 0 aromatic rings. The highest BCUT2D eigenvalue weighted by molar-refractivity contribution is 5.64. The number of rotatable bonds is 6. The SMILES string of the molecule is CC(=O)O.CC(=O)O.CC(=O)O.CC(=O)O.CC(=O)O.CC(=O)O.CC(=O)O.NNC[C@H](O)[C@@H](O)[C@H](O)[C@H](O)CO. The predicted molar refractivity (Wildman–Crippen MR) is 136 cm³/mol. The maximum Gasteiger partial charge on any atom is 0.300 e. The van der Waals surface area contributed by atoms with Crippen molar-refractivity contribution in [2.24, 2.45) is 5.84 Å². The van der Waals surface area contributed by atoms with Crippen LogP contribution in [0.25, 0.3) is 0 Å². The van der Waals surface area contributed by atoms with E-state index in [-0.39, 0.29) is 6.54 Å². The summed E-state index contributed by atoms with van der Waals surface area (Å²) in [6, 6.07) is 0. The summed E-state index contributed by atoms with van der Waals surface area (Å²) in [5, 5.41) is 96.6. The Bertz CT molecular complexity index is 542. The molecule has 21 heteroatoms. The molecule has 0 radical (unpaired) electrons. The van der Waals surface area contributed by atoms with Gasteiger partial charge in [-0.15, -0.1) is 0 Å². The molecule has 0 spiro atoms. The number of nitrogens with one attached hydrogen (secondary N) is 1. The lowest BCUT2D eigenvalue weighted by Gasteiger charge is -2.25. The van der Waals surface area contributed by atoms with Crippen LogP contribution in [-0.2, 0) is 33.6 Å². The van der Waals surface area contributed by atoms with Gasteiger partial charge in [0.15, 0.2) is 0 Å². The van der Waals surface area contributed by atoms with Crippen LogP contribution in [0.2, 0.25) is 0 Å². The zero-order chi connectivity index (χ0) is 35.5. The fraction of sp³-hybridized carbons (Fsp3) is 0.650. The average Bonchev–Trinajstić information content (AvgIpc) is 2.69. The van der Waals surface area contributed by atoms with Crippen LogP contribution in [0.5, 0.6) is 0 Å². The van der Waals surface area contributed by atoms with Crippen LogP contribution in [-0.4, -0.2) is 141 Å². The summed E-state index contributed by atoms with van der Waals surface area (Å²) in [6.45, 7) is 6.76. The van der Waals surface area contributed by atoms with E-state index < -0.39 is 72.8 Å². The van der Waals surface area contributed by atoms with Gasteiger partial charge < -0.3 is 61.3 Å². The number of carboxylic acid groups (broad SMARTS) is 7. The highest BCUT2D eigenvalue weighted by Crippen LogP contribution is 2.03. The van der Waals surface area contributed by atoms with Crippen molar-refractivity contribution >= 4 is 41.8 Å². The van der Waals surface area contributed by atoms with Gasteiger partial charge in [-0.2, -0.15) is 0 Å². The van der Waals surface area contributed by atoms with Gasteiger partial charge in [0.1, 0.15) is 18.3 Å². The molecule has 0 aromatic heterocycles. The number of hydrogen-bond acceptors (Lipinski definition) is 14. The maximum atomic E-state index is 9.15. The Labute approximate surface area is 234 Å². The van der Waals surface area contributed by atoms with E-state index in [1.807, 2.05) is 0 Å². The summed E-state index contributed by atoms with van der Waals surface area (Å²) >= 11 is 0. The second-order valence-corrected chi connectivity index (χ2v) is 6.34. The Balaban J connectivity index is -0.0000000548. The minimum atomic E-state index is -1.60. The highest BCUT2D eigenvalue weighted by atomic mass is 16.4. The fourth-order valence-corrected chi connectivity index (χ4v) is 0.805. The first kappa shape index (κ1) is 57.0. The van der Waals surface area contributed by atoms with Crippen molar-refractivity contribution in [2.45, 2.75) is 72.9 Å². The lowest BCUT2D eigenvalue weighted by atomic mass is 10.0. The van der Waals surface area contributed by atoms with Crippen LogP contribution in [0.4, 0.5) is 0 Å². The Morgan fingerprint density at radius 1 is 0.488 bits per heavy atom. The molecule has 0 amide bonds. The molecule has 0 rings (SSSR count). The average molecular weight is 617 g/mol. The Hall–Kier alpha value is -3.99. The molecule has 0 saturated carbocycles. The van der Waals surface area contributed by atoms with Gasteiger partial charge in [-0.3, -0.25) is 44.8 Å². The molecule has 21 nitrogen and oxygen atoms in total. The molecule has 0 bridgehead atoms. The molecule has 0 heterocycles. The lowest BCUT2D eigenvalue weighted by molar-refractivity contribution is -0.135. The molecule has 0 aliphatic rings. The third-order valence-electron chi connectivity index (χ3n) is 1.65. The van der Waals surface area contributed by atoms with Crippen LogP contribution in [0, 0.1) is 0 Å². The van der Waals surface area contributed by atoms with E-state index in [4.69, 9.17) is 101 Å². The molecule has 41 heavy (non-hydrogen) atoms. The molecule has 248 valence electrons. The van der Waals surface area contributed by atoms with Crippen molar-refractivity contribution in [3.8, 4) is 0 Å². The molecule has 0 aliphatic heterocycles. The van der Waals surface area contributed by atoms with Gasteiger partial charge >= 0.3 is 0 Å².